The van der Waals surface area contributed by atoms with E-state index >= 15 is 0 Å². The van der Waals surface area contributed by atoms with Crippen LogP contribution in [0.4, 0.5) is 0 Å². The molecule has 4 aromatic rings. The summed E-state index contributed by atoms with van der Waals surface area (Å²) in [5.74, 6) is 0.886. The molecule has 0 unspecified atom stereocenters. The maximum absolute atomic E-state index is 12.0. The molecular weight excluding hydrogens is 492 g/mol. The molecule has 0 radical (unpaired) electrons. The number of fused-ring (bicyclic) bond motifs is 1. The number of pyridine rings is 1. The molecule has 0 bridgehead atoms. The van der Waals surface area contributed by atoms with Gasteiger partial charge in [0.05, 0.1) is 30.4 Å². The second-order valence-corrected chi connectivity index (χ2v) is 9.01. The number of hydrogen-bond acceptors (Lipinski definition) is 7. The van der Waals surface area contributed by atoms with Gasteiger partial charge in [-0.1, -0.05) is 35.9 Å². The van der Waals surface area contributed by atoms with Crippen molar-refractivity contribution in [3.63, 3.8) is 0 Å². The fraction of sp³-hybridized carbons (Fsp3) is 0.241. The van der Waals surface area contributed by atoms with Gasteiger partial charge in [0.15, 0.2) is 0 Å². The van der Waals surface area contributed by atoms with Crippen LogP contribution in [-0.4, -0.2) is 47.0 Å². The van der Waals surface area contributed by atoms with Crippen molar-refractivity contribution in [1.82, 2.24) is 10.3 Å². The summed E-state index contributed by atoms with van der Waals surface area (Å²) in [7, 11) is 0. The third-order valence-corrected chi connectivity index (χ3v) is 6.14. The van der Waals surface area contributed by atoms with Crippen LogP contribution in [0.5, 0.6) is 11.5 Å². The Labute approximate surface area is 220 Å². The molecule has 7 nitrogen and oxygen atoms in total. The number of nitrogens with zero attached hydrogens (tertiary/aromatic N) is 1. The average molecular weight is 521 g/mol. The van der Waals surface area contributed by atoms with Gasteiger partial charge in [0.1, 0.15) is 11.5 Å². The van der Waals surface area contributed by atoms with Gasteiger partial charge in [-0.05, 0) is 73.0 Å². The Morgan fingerprint density at radius 2 is 1.89 bits per heavy atom. The third kappa shape index (κ3) is 7.05. The number of halogens is 1. The smallest absolute Gasteiger partial charge is 0.338 e. The van der Waals surface area contributed by atoms with E-state index in [0.717, 1.165) is 16.5 Å². The van der Waals surface area contributed by atoms with Gasteiger partial charge in [-0.15, -0.1) is 0 Å². The molecule has 0 aliphatic rings. The first kappa shape index (κ1) is 26.6. The Morgan fingerprint density at radius 1 is 1.08 bits per heavy atom. The van der Waals surface area contributed by atoms with Gasteiger partial charge in [-0.2, -0.15) is 0 Å². The number of ether oxygens (including phenoxy) is 2. The van der Waals surface area contributed by atoms with Gasteiger partial charge in [-0.25, -0.2) is 4.79 Å². The largest absolute Gasteiger partial charge is 0.462 e. The second kappa shape index (κ2) is 12.7. The molecule has 37 heavy (non-hydrogen) atoms. The first-order chi connectivity index (χ1) is 18.0. The lowest BCUT2D eigenvalue weighted by Gasteiger charge is -2.19. The zero-order valence-electron chi connectivity index (χ0n) is 20.4. The van der Waals surface area contributed by atoms with Gasteiger partial charge in [0, 0.05) is 29.2 Å². The number of esters is 1. The van der Waals surface area contributed by atoms with Crippen molar-refractivity contribution in [1.29, 1.82) is 0 Å². The van der Waals surface area contributed by atoms with Gasteiger partial charge in [-0.3, -0.25) is 4.98 Å². The SMILES string of the molecule is CCOC(=O)c1ccc2c(Oc3ccc(C[C@@H](CO)NC[C@H](O)c4cccc(Cl)c4)cc3)ccnc2c1. The molecule has 0 saturated heterocycles. The average Bonchev–Trinajstić information content (AvgIpc) is 2.91. The fourth-order valence-electron chi connectivity index (χ4n) is 3.97. The maximum atomic E-state index is 12.0. The van der Waals surface area contributed by atoms with Crippen molar-refractivity contribution in [2.24, 2.45) is 0 Å². The first-order valence-electron chi connectivity index (χ1n) is 12.1. The van der Waals surface area contributed by atoms with Crippen LogP contribution < -0.4 is 10.1 Å². The highest BCUT2D eigenvalue weighted by atomic mass is 35.5. The Kier molecular flexibility index (Phi) is 9.09. The lowest BCUT2D eigenvalue weighted by Crippen LogP contribution is -2.37. The summed E-state index contributed by atoms with van der Waals surface area (Å²) in [5.41, 5.74) is 2.81. The van der Waals surface area contributed by atoms with Crippen molar-refractivity contribution in [2.45, 2.75) is 25.5 Å². The molecule has 3 N–H and O–H groups in total. The predicted octanol–water partition coefficient (Wildman–Crippen LogP) is 5.08. The number of nitrogens with one attached hydrogen (secondary N) is 1. The van der Waals surface area contributed by atoms with E-state index in [1.54, 1.807) is 55.6 Å². The quantitative estimate of drug-likeness (QED) is 0.237. The minimum atomic E-state index is -0.730. The first-order valence-corrected chi connectivity index (χ1v) is 12.4. The maximum Gasteiger partial charge on any atom is 0.338 e. The summed E-state index contributed by atoms with van der Waals surface area (Å²) in [6.07, 6.45) is 1.48. The summed E-state index contributed by atoms with van der Waals surface area (Å²) in [6.45, 7) is 2.29. The molecule has 0 amide bonds. The van der Waals surface area contributed by atoms with Crippen LogP contribution in [0.1, 0.15) is 34.5 Å². The molecule has 3 aromatic carbocycles. The molecule has 1 heterocycles. The summed E-state index contributed by atoms with van der Waals surface area (Å²) >= 11 is 6.01. The van der Waals surface area contributed by atoms with Crippen LogP contribution in [0.3, 0.4) is 0 Å². The number of rotatable bonds is 11. The summed E-state index contributed by atoms with van der Waals surface area (Å²) in [6, 6.07) is 21.4. The van der Waals surface area contributed by atoms with Crippen LogP contribution in [0.15, 0.2) is 79.0 Å². The van der Waals surface area contributed by atoms with E-state index in [2.05, 4.69) is 10.3 Å². The van der Waals surface area contributed by atoms with E-state index in [9.17, 15) is 15.0 Å². The zero-order chi connectivity index (χ0) is 26.2. The van der Waals surface area contributed by atoms with Crippen LogP contribution in [0.2, 0.25) is 5.02 Å². The second-order valence-electron chi connectivity index (χ2n) is 8.57. The highest BCUT2D eigenvalue weighted by Gasteiger charge is 2.14. The molecule has 1 aromatic heterocycles. The standard InChI is InChI=1S/C29H29ClN2O5/c1-2-36-29(35)21-8-11-25-26(16-21)31-13-12-28(25)37-24-9-6-19(7-10-24)14-23(18-33)32-17-27(34)20-4-3-5-22(30)15-20/h3-13,15-16,23,27,32-34H,2,14,17-18H2,1H3/t23-,27-/m0/s1. The number of carbonyl (C=O) groups is 1. The van der Waals surface area contributed by atoms with Gasteiger partial charge in [0.25, 0.3) is 0 Å². The van der Waals surface area contributed by atoms with Gasteiger partial charge in [0.2, 0.25) is 0 Å². The minimum absolute atomic E-state index is 0.0721. The van der Waals surface area contributed by atoms with E-state index < -0.39 is 6.10 Å². The Hall–Kier alpha value is -3.49. The minimum Gasteiger partial charge on any atom is -0.462 e. The van der Waals surface area contributed by atoms with Crippen LogP contribution in [0.25, 0.3) is 10.9 Å². The molecule has 192 valence electrons. The normalized spacial score (nSPS) is 12.8. The van der Waals surface area contributed by atoms with Crippen LogP contribution >= 0.6 is 11.6 Å². The lowest BCUT2D eigenvalue weighted by molar-refractivity contribution is 0.0526. The number of aliphatic hydroxyl groups is 2. The van der Waals surface area contributed by atoms with E-state index in [1.165, 1.54) is 0 Å². The van der Waals surface area contributed by atoms with Crippen molar-refractivity contribution in [3.8, 4) is 11.5 Å². The summed E-state index contributed by atoms with van der Waals surface area (Å²) in [4.78, 5) is 16.4. The topological polar surface area (TPSA) is 101 Å². The Bertz CT molecular complexity index is 1350. The van der Waals surface area contributed by atoms with Crippen molar-refractivity contribution >= 4 is 28.5 Å². The number of benzene rings is 3. The molecule has 0 aliphatic heterocycles. The zero-order valence-corrected chi connectivity index (χ0v) is 21.2. The molecule has 0 spiro atoms. The molecule has 0 fully saturated rings. The molecule has 2 atom stereocenters. The van der Waals surface area contributed by atoms with Gasteiger partial charge < -0.3 is 25.0 Å². The number of hydrogen-bond donors (Lipinski definition) is 3. The third-order valence-electron chi connectivity index (χ3n) is 5.90. The van der Waals surface area contributed by atoms with E-state index in [-0.39, 0.29) is 18.6 Å². The Balaban J connectivity index is 1.38. The molecule has 4 rings (SSSR count). The van der Waals surface area contributed by atoms with Crippen molar-refractivity contribution in [2.75, 3.05) is 19.8 Å². The van der Waals surface area contributed by atoms with E-state index in [4.69, 9.17) is 21.1 Å². The molecular formula is C29H29ClN2O5. The predicted molar refractivity (Wildman–Crippen MR) is 143 cm³/mol. The van der Waals surface area contributed by atoms with Crippen molar-refractivity contribution in [3.05, 3.63) is 101 Å². The highest BCUT2D eigenvalue weighted by molar-refractivity contribution is 6.30. The summed E-state index contributed by atoms with van der Waals surface area (Å²) in [5, 5.41) is 24.8. The monoisotopic (exact) mass is 520 g/mol. The van der Waals surface area contributed by atoms with E-state index in [1.807, 2.05) is 30.3 Å². The van der Waals surface area contributed by atoms with E-state index in [0.29, 0.717) is 47.2 Å². The summed E-state index contributed by atoms with van der Waals surface area (Å²) < 4.78 is 11.2. The highest BCUT2D eigenvalue weighted by Crippen LogP contribution is 2.30. The van der Waals surface area contributed by atoms with Crippen LogP contribution in [-0.2, 0) is 11.2 Å². The lowest BCUT2D eigenvalue weighted by atomic mass is 10.0. The van der Waals surface area contributed by atoms with Gasteiger partial charge >= 0.3 is 5.97 Å². The number of aromatic nitrogens is 1. The van der Waals surface area contributed by atoms with Crippen LogP contribution in [0, 0.1) is 0 Å². The fourth-order valence-corrected chi connectivity index (χ4v) is 4.17. The molecule has 8 heteroatoms. The number of aliphatic hydroxyl groups excluding tert-OH is 2. The Morgan fingerprint density at radius 3 is 2.62 bits per heavy atom. The number of carbonyl (C=O) groups excluding carboxylic acids is 1. The molecule has 0 saturated carbocycles. The molecule has 0 aliphatic carbocycles. The van der Waals surface area contributed by atoms with Crippen molar-refractivity contribution < 1.29 is 24.5 Å².